The van der Waals surface area contributed by atoms with Gasteiger partial charge in [0.2, 0.25) is 0 Å². The first kappa shape index (κ1) is 36.0. The van der Waals surface area contributed by atoms with Gasteiger partial charge in [-0.3, -0.25) is 0 Å². The van der Waals surface area contributed by atoms with E-state index in [9.17, 15) is 0 Å². The first-order valence-electron chi connectivity index (χ1n) is 21.8. The van der Waals surface area contributed by atoms with Gasteiger partial charge in [0.25, 0.3) is 0 Å². The third-order valence-corrected chi connectivity index (χ3v) is 12.9. The predicted octanol–water partition coefficient (Wildman–Crippen LogP) is 15.5. The molecule has 0 N–H and O–H groups in total. The number of para-hydroxylation sites is 5. The van der Waals surface area contributed by atoms with E-state index in [1.165, 1.54) is 37.8 Å². The van der Waals surface area contributed by atoms with Crippen molar-refractivity contribution in [2.45, 2.75) is 0 Å². The summed E-state index contributed by atoms with van der Waals surface area (Å²) < 4.78 is 6.92. The van der Waals surface area contributed by atoms with Crippen LogP contribution in [0.15, 0.2) is 237 Å². The van der Waals surface area contributed by atoms with Crippen molar-refractivity contribution >= 4 is 82.3 Å². The quantitative estimate of drug-likeness (QED) is 0.160. The van der Waals surface area contributed by atoms with Gasteiger partial charge in [0.15, 0.2) is 0 Å². The van der Waals surface area contributed by atoms with Gasteiger partial charge in [-0.05, 0) is 101 Å². The molecule has 0 saturated carbocycles. The minimum atomic E-state index is 1.03. The SMILES string of the molecule is c1ccc(N(c2ccc(-c3ccc(-n4c5ccccc5c5cccc(-n6ncc7c6ccc6c8ccccc8n(-c8ccccc8)c67)c54)cc3)cc2)c2cccc3ccccc23)cc1. The van der Waals surface area contributed by atoms with Gasteiger partial charge in [-0.25, -0.2) is 4.68 Å². The van der Waals surface area contributed by atoms with E-state index < -0.39 is 0 Å². The van der Waals surface area contributed by atoms with Crippen LogP contribution in [0.1, 0.15) is 0 Å². The van der Waals surface area contributed by atoms with Crippen LogP contribution in [0.5, 0.6) is 0 Å². The zero-order valence-electron chi connectivity index (χ0n) is 34.8. The predicted molar refractivity (Wildman–Crippen MR) is 267 cm³/mol. The Hall–Kier alpha value is -8.67. The first-order chi connectivity index (χ1) is 31.8. The highest BCUT2D eigenvalue weighted by molar-refractivity contribution is 6.19. The summed E-state index contributed by atoms with van der Waals surface area (Å²) in [6, 6.07) is 82.8. The molecule has 0 amide bonds. The third kappa shape index (κ3) is 5.54. The van der Waals surface area contributed by atoms with Gasteiger partial charge in [0, 0.05) is 55.1 Å². The molecule has 3 aromatic heterocycles. The summed E-state index contributed by atoms with van der Waals surface area (Å²) in [4.78, 5) is 2.35. The van der Waals surface area contributed by atoms with Crippen LogP contribution in [0.2, 0.25) is 0 Å². The zero-order chi connectivity index (χ0) is 42.1. The molecule has 0 aliphatic rings. The molecule has 13 aromatic rings. The van der Waals surface area contributed by atoms with Crippen molar-refractivity contribution in [3.8, 4) is 28.2 Å². The van der Waals surface area contributed by atoms with E-state index >= 15 is 0 Å². The molecule has 5 heteroatoms. The van der Waals surface area contributed by atoms with E-state index in [1.807, 2.05) is 6.20 Å². The lowest BCUT2D eigenvalue weighted by molar-refractivity contribution is 0.912. The van der Waals surface area contributed by atoms with Gasteiger partial charge in [-0.1, -0.05) is 146 Å². The van der Waals surface area contributed by atoms with Crippen molar-refractivity contribution in [3.05, 3.63) is 237 Å². The van der Waals surface area contributed by atoms with Crippen LogP contribution in [0.4, 0.5) is 17.1 Å². The Balaban J connectivity index is 0.925. The fourth-order valence-corrected chi connectivity index (χ4v) is 10.1. The molecule has 64 heavy (non-hydrogen) atoms. The fourth-order valence-electron chi connectivity index (χ4n) is 10.1. The molecule has 0 aliphatic heterocycles. The van der Waals surface area contributed by atoms with Crippen LogP contribution in [0.25, 0.3) is 93.5 Å². The molecule has 3 heterocycles. The fraction of sp³-hybridized carbons (Fsp3) is 0. The van der Waals surface area contributed by atoms with Crippen LogP contribution in [-0.2, 0) is 0 Å². The van der Waals surface area contributed by atoms with Gasteiger partial charge >= 0.3 is 0 Å². The average Bonchev–Trinajstić information content (AvgIpc) is 4.06. The number of anilines is 3. The number of fused-ring (bicyclic) bond motifs is 9. The summed E-state index contributed by atoms with van der Waals surface area (Å²) in [5.41, 5.74) is 14.6. The lowest BCUT2D eigenvalue weighted by atomic mass is 10.0. The molecule has 5 nitrogen and oxygen atoms in total. The van der Waals surface area contributed by atoms with Crippen molar-refractivity contribution in [1.29, 1.82) is 0 Å². The Bertz CT molecular complexity index is 3870. The summed E-state index contributed by atoms with van der Waals surface area (Å²) >= 11 is 0. The Morgan fingerprint density at radius 2 is 0.859 bits per heavy atom. The maximum Gasteiger partial charge on any atom is 0.0899 e. The van der Waals surface area contributed by atoms with E-state index in [0.717, 1.165) is 72.7 Å². The molecule has 0 aliphatic carbocycles. The smallest absolute Gasteiger partial charge is 0.0899 e. The maximum absolute atomic E-state index is 5.19. The molecule has 0 fully saturated rings. The number of hydrogen-bond donors (Lipinski definition) is 0. The minimum Gasteiger partial charge on any atom is -0.310 e. The monoisotopic (exact) mass is 817 g/mol. The highest BCUT2D eigenvalue weighted by atomic mass is 15.3. The molecule has 13 rings (SSSR count). The second kappa shape index (κ2) is 14.5. The largest absolute Gasteiger partial charge is 0.310 e. The van der Waals surface area contributed by atoms with E-state index in [2.05, 4.69) is 249 Å². The molecular formula is C59H39N5. The number of hydrogen-bond acceptors (Lipinski definition) is 2. The van der Waals surface area contributed by atoms with E-state index in [1.54, 1.807) is 0 Å². The van der Waals surface area contributed by atoms with Crippen molar-refractivity contribution < 1.29 is 0 Å². The number of rotatable bonds is 7. The standard InChI is InChI=1S/C59H39N5/c1-3-17-43(18-4-1)61(53-27-13-16-42-15-7-8-21-47(42)53)45-33-29-40(30-34-45)41-31-35-46(36-32-41)63-55-26-12-9-22-48(55)50-24-14-28-57(59(50)63)64-56-38-37-51-49-23-10-11-25-54(49)62(44-19-5-2-6-20-44)58(51)52(56)39-60-64/h1-39H. The Labute approximate surface area is 369 Å². The molecule has 0 radical (unpaired) electrons. The first-order valence-corrected chi connectivity index (χ1v) is 21.8. The maximum atomic E-state index is 5.19. The lowest BCUT2D eigenvalue weighted by Crippen LogP contribution is -2.10. The van der Waals surface area contributed by atoms with E-state index in [4.69, 9.17) is 5.10 Å². The Morgan fingerprint density at radius 3 is 1.59 bits per heavy atom. The van der Waals surface area contributed by atoms with E-state index in [-0.39, 0.29) is 0 Å². The number of nitrogens with zero attached hydrogens (tertiary/aromatic N) is 5. The summed E-state index contributed by atoms with van der Waals surface area (Å²) in [6.45, 7) is 0. The van der Waals surface area contributed by atoms with E-state index in [0.29, 0.717) is 0 Å². The van der Waals surface area contributed by atoms with Crippen molar-refractivity contribution in [3.63, 3.8) is 0 Å². The molecule has 0 spiro atoms. The zero-order valence-corrected chi connectivity index (χ0v) is 34.8. The molecule has 0 unspecified atom stereocenters. The van der Waals surface area contributed by atoms with Crippen LogP contribution < -0.4 is 4.90 Å². The van der Waals surface area contributed by atoms with Gasteiger partial charge in [-0.2, -0.15) is 5.10 Å². The topological polar surface area (TPSA) is 30.9 Å². The van der Waals surface area contributed by atoms with Gasteiger partial charge in [0.05, 0.1) is 45.2 Å². The Morgan fingerprint density at radius 1 is 0.328 bits per heavy atom. The van der Waals surface area contributed by atoms with Crippen LogP contribution >= 0.6 is 0 Å². The lowest BCUT2D eigenvalue weighted by Gasteiger charge is -2.27. The summed E-state index contributed by atoms with van der Waals surface area (Å²) in [5, 5.41) is 13.6. The molecular weight excluding hydrogens is 779 g/mol. The minimum absolute atomic E-state index is 1.03. The van der Waals surface area contributed by atoms with Crippen molar-refractivity contribution in [2.24, 2.45) is 0 Å². The third-order valence-electron chi connectivity index (χ3n) is 12.9. The van der Waals surface area contributed by atoms with Crippen LogP contribution in [-0.4, -0.2) is 18.9 Å². The van der Waals surface area contributed by atoms with Crippen LogP contribution in [0, 0.1) is 0 Å². The van der Waals surface area contributed by atoms with Crippen molar-refractivity contribution in [2.75, 3.05) is 4.90 Å². The van der Waals surface area contributed by atoms with Gasteiger partial charge < -0.3 is 14.0 Å². The van der Waals surface area contributed by atoms with Crippen molar-refractivity contribution in [1.82, 2.24) is 18.9 Å². The molecule has 0 saturated heterocycles. The Kier molecular flexibility index (Phi) is 8.15. The van der Waals surface area contributed by atoms with Crippen LogP contribution in [0.3, 0.4) is 0 Å². The molecule has 10 aromatic carbocycles. The highest BCUT2D eigenvalue weighted by Gasteiger charge is 2.22. The second-order valence-electron chi connectivity index (χ2n) is 16.4. The van der Waals surface area contributed by atoms with Gasteiger partial charge in [0.1, 0.15) is 0 Å². The number of benzene rings is 10. The molecule has 300 valence electrons. The summed E-state index contributed by atoms with van der Waals surface area (Å²) in [6.07, 6.45) is 2.04. The number of aromatic nitrogens is 4. The summed E-state index contributed by atoms with van der Waals surface area (Å²) in [7, 11) is 0. The molecule has 0 atom stereocenters. The summed E-state index contributed by atoms with van der Waals surface area (Å²) in [5.74, 6) is 0. The second-order valence-corrected chi connectivity index (χ2v) is 16.4. The molecule has 0 bridgehead atoms. The average molecular weight is 818 g/mol. The van der Waals surface area contributed by atoms with Gasteiger partial charge in [-0.15, -0.1) is 0 Å². The highest BCUT2D eigenvalue weighted by Crippen LogP contribution is 2.42. The normalized spacial score (nSPS) is 11.8.